The zero-order valence-corrected chi connectivity index (χ0v) is 16.5. The Kier molecular flexibility index (Phi) is 5.26. The van der Waals surface area contributed by atoms with Gasteiger partial charge >= 0.3 is 0 Å². The first-order chi connectivity index (χ1) is 14.6. The van der Waals surface area contributed by atoms with Gasteiger partial charge in [0.25, 0.3) is 0 Å². The van der Waals surface area contributed by atoms with Gasteiger partial charge in [-0.05, 0) is 17.7 Å². The molecule has 1 aliphatic rings. The van der Waals surface area contributed by atoms with E-state index in [1.165, 1.54) is 11.9 Å². The summed E-state index contributed by atoms with van der Waals surface area (Å²) in [5.41, 5.74) is 2.64. The molecule has 148 valence electrons. The Morgan fingerprint density at radius 2 is 1.43 bits per heavy atom. The number of Topliss-reactive ketones (excluding diaryl/α,β-unsaturated/α-hetero) is 1. The zero-order valence-electron chi connectivity index (χ0n) is 16.5. The molecule has 3 aromatic carbocycles. The van der Waals surface area contributed by atoms with Gasteiger partial charge in [0.1, 0.15) is 11.5 Å². The molecular weight excluding hydrogens is 374 g/mol. The van der Waals surface area contributed by atoms with Crippen LogP contribution >= 0.6 is 0 Å². The summed E-state index contributed by atoms with van der Waals surface area (Å²) < 4.78 is 0. The Morgan fingerprint density at radius 3 is 2.00 bits per heavy atom. The first kappa shape index (κ1) is 19.3. The number of hydrazone groups is 1. The number of ketones is 1. The average molecular weight is 395 g/mol. The van der Waals surface area contributed by atoms with E-state index in [0.29, 0.717) is 16.8 Å². The van der Waals surface area contributed by atoms with E-state index < -0.39 is 5.92 Å². The van der Waals surface area contributed by atoms with Crippen LogP contribution in [0.3, 0.4) is 0 Å². The van der Waals surface area contributed by atoms with E-state index in [1.807, 2.05) is 78.9 Å². The molecule has 30 heavy (non-hydrogen) atoms. The Bertz CT molecular complexity index is 1140. The van der Waals surface area contributed by atoms with E-state index in [4.69, 9.17) is 5.41 Å². The van der Waals surface area contributed by atoms with E-state index in [-0.39, 0.29) is 23.1 Å². The van der Waals surface area contributed by atoms with Crippen LogP contribution in [0.25, 0.3) is 5.76 Å². The van der Waals surface area contributed by atoms with Crippen molar-refractivity contribution in [3.05, 3.63) is 108 Å². The maximum Gasteiger partial charge on any atom is 0.176 e. The van der Waals surface area contributed by atoms with Crippen LogP contribution in [0.5, 0.6) is 0 Å². The molecule has 1 atom stereocenters. The zero-order chi connectivity index (χ0) is 21.1. The number of nitrogens with zero attached hydrogens (tertiary/aromatic N) is 2. The van der Waals surface area contributed by atoms with Gasteiger partial charge in [-0.2, -0.15) is 5.10 Å². The third-order valence-corrected chi connectivity index (χ3v) is 5.03. The highest BCUT2D eigenvalue weighted by atomic mass is 16.3. The summed E-state index contributed by atoms with van der Waals surface area (Å²) in [5, 5.41) is 26.1. The first-order valence-electron chi connectivity index (χ1n) is 9.65. The van der Waals surface area contributed by atoms with Gasteiger partial charge in [-0.25, -0.2) is 5.01 Å². The Morgan fingerprint density at radius 1 is 0.900 bits per heavy atom. The number of carbonyl (C=O) groups is 1. The summed E-state index contributed by atoms with van der Waals surface area (Å²) in [6.07, 6.45) is 0. The Hall–Kier alpha value is -3.99. The molecule has 0 amide bonds. The minimum absolute atomic E-state index is 0.0291. The SMILES string of the molecule is CC(=O)C1=NN(c2ccccc2)C(=N)/C(=C(/O)c2ccccc2)C1c1ccccc1. The van der Waals surface area contributed by atoms with Gasteiger partial charge in [0.15, 0.2) is 11.6 Å². The minimum Gasteiger partial charge on any atom is -0.507 e. The third-order valence-electron chi connectivity index (χ3n) is 5.03. The molecule has 2 N–H and O–H groups in total. The van der Waals surface area contributed by atoms with Crippen molar-refractivity contribution in [2.24, 2.45) is 5.10 Å². The average Bonchev–Trinajstić information content (AvgIpc) is 2.80. The van der Waals surface area contributed by atoms with Crippen molar-refractivity contribution < 1.29 is 9.90 Å². The minimum atomic E-state index is -0.642. The quantitative estimate of drug-likeness (QED) is 0.598. The first-order valence-corrected chi connectivity index (χ1v) is 9.65. The van der Waals surface area contributed by atoms with E-state index in [2.05, 4.69) is 5.10 Å². The molecule has 5 heteroatoms. The van der Waals surface area contributed by atoms with Gasteiger partial charge in [-0.1, -0.05) is 78.9 Å². The van der Waals surface area contributed by atoms with E-state index in [0.717, 1.165) is 5.56 Å². The summed E-state index contributed by atoms with van der Waals surface area (Å²) >= 11 is 0. The third kappa shape index (κ3) is 3.53. The van der Waals surface area contributed by atoms with Gasteiger partial charge in [0.05, 0.1) is 17.2 Å². The van der Waals surface area contributed by atoms with Gasteiger partial charge < -0.3 is 5.11 Å². The van der Waals surface area contributed by atoms with Crippen molar-refractivity contribution in [3.8, 4) is 0 Å². The number of carbonyl (C=O) groups excluding carboxylic acids is 1. The lowest BCUT2D eigenvalue weighted by molar-refractivity contribution is -0.111. The molecule has 0 aliphatic carbocycles. The molecule has 0 fully saturated rings. The van der Waals surface area contributed by atoms with Crippen LogP contribution in [0.4, 0.5) is 5.69 Å². The molecular formula is C25H21N3O2. The molecule has 1 heterocycles. The molecule has 3 aromatic rings. The normalized spacial score (nSPS) is 18.0. The molecule has 0 saturated heterocycles. The van der Waals surface area contributed by atoms with E-state index in [9.17, 15) is 9.90 Å². The second kappa shape index (κ2) is 8.17. The molecule has 1 aliphatic heterocycles. The Balaban J connectivity index is 2.00. The number of amidine groups is 1. The number of benzene rings is 3. The number of hydrogen-bond donors (Lipinski definition) is 2. The van der Waals surface area contributed by atoms with Gasteiger partial charge in [-0.15, -0.1) is 0 Å². The fraction of sp³-hybridized carbons (Fsp3) is 0.0800. The smallest absolute Gasteiger partial charge is 0.176 e. The van der Waals surface area contributed by atoms with Crippen molar-refractivity contribution in [1.82, 2.24) is 0 Å². The number of aliphatic hydroxyl groups is 1. The van der Waals surface area contributed by atoms with Crippen LogP contribution in [0, 0.1) is 5.41 Å². The molecule has 5 nitrogen and oxygen atoms in total. The second-order valence-electron chi connectivity index (χ2n) is 7.01. The topological polar surface area (TPSA) is 76.8 Å². The van der Waals surface area contributed by atoms with Crippen molar-refractivity contribution in [2.45, 2.75) is 12.8 Å². The molecule has 0 aromatic heterocycles. The number of aliphatic hydroxyl groups excluding tert-OH is 1. The lowest BCUT2D eigenvalue weighted by Crippen LogP contribution is -2.40. The lowest BCUT2D eigenvalue weighted by atomic mass is 9.81. The monoisotopic (exact) mass is 395 g/mol. The molecule has 0 bridgehead atoms. The number of rotatable bonds is 4. The number of para-hydroxylation sites is 1. The van der Waals surface area contributed by atoms with Crippen molar-refractivity contribution in [1.29, 1.82) is 5.41 Å². The summed E-state index contributed by atoms with van der Waals surface area (Å²) in [6, 6.07) is 27.7. The summed E-state index contributed by atoms with van der Waals surface area (Å²) in [6.45, 7) is 1.46. The van der Waals surface area contributed by atoms with Gasteiger partial charge in [0.2, 0.25) is 0 Å². The summed E-state index contributed by atoms with van der Waals surface area (Å²) in [4.78, 5) is 12.6. The molecule has 0 radical (unpaired) electrons. The number of anilines is 1. The van der Waals surface area contributed by atoms with Crippen LogP contribution in [-0.4, -0.2) is 22.4 Å². The van der Waals surface area contributed by atoms with Crippen molar-refractivity contribution in [2.75, 3.05) is 5.01 Å². The fourth-order valence-electron chi connectivity index (χ4n) is 3.60. The van der Waals surface area contributed by atoms with Crippen LogP contribution in [0.2, 0.25) is 0 Å². The molecule has 0 spiro atoms. The van der Waals surface area contributed by atoms with Gasteiger partial charge in [-0.3, -0.25) is 10.2 Å². The summed E-state index contributed by atoms with van der Waals surface area (Å²) in [7, 11) is 0. The maximum absolute atomic E-state index is 12.6. The standard InChI is InChI=1S/C25H21N3O2/c1-17(29)23-21(18-11-5-2-6-12-18)22(24(30)19-13-7-3-8-14-19)25(26)28(27-23)20-15-9-4-10-16-20/h2-16,21,26,30H,1H3/b24-22+,26-25?. The highest BCUT2D eigenvalue weighted by Crippen LogP contribution is 2.37. The molecule has 0 saturated carbocycles. The van der Waals surface area contributed by atoms with Gasteiger partial charge in [0, 0.05) is 12.5 Å². The predicted molar refractivity (Wildman–Crippen MR) is 120 cm³/mol. The van der Waals surface area contributed by atoms with Crippen molar-refractivity contribution >= 4 is 28.8 Å². The van der Waals surface area contributed by atoms with E-state index >= 15 is 0 Å². The van der Waals surface area contributed by atoms with Crippen LogP contribution in [0.15, 0.2) is 102 Å². The molecule has 1 unspecified atom stereocenters. The fourth-order valence-corrected chi connectivity index (χ4v) is 3.60. The predicted octanol–water partition coefficient (Wildman–Crippen LogP) is 5.18. The number of nitrogens with one attached hydrogen (secondary N) is 1. The summed E-state index contributed by atoms with van der Waals surface area (Å²) in [5.74, 6) is -0.863. The Labute approximate surface area is 175 Å². The number of hydrogen-bond acceptors (Lipinski definition) is 4. The van der Waals surface area contributed by atoms with Crippen LogP contribution in [0.1, 0.15) is 24.0 Å². The lowest BCUT2D eigenvalue weighted by Gasteiger charge is -2.33. The molecule has 4 rings (SSSR count). The highest BCUT2D eigenvalue weighted by Gasteiger charge is 2.38. The van der Waals surface area contributed by atoms with Crippen LogP contribution < -0.4 is 5.01 Å². The van der Waals surface area contributed by atoms with E-state index in [1.54, 1.807) is 12.1 Å². The maximum atomic E-state index is 12.6. The highest BCUT2D eigenvalue weighted by molar-refractivity contribution is 6.45. The van der Waals surface area contributed by atoms with Crippen LogP contribution in [-0.2, 0) is 4.79 Å². The largest absolute Gasteiger partial charge is 0.507 e. The van der Waals surface area contributed by atoms with Crippen molar-refractivity contribution in [3.63, 3.8) is 0 Å². The second-order valence-corrected chi connectivity index (χ2v) is 7.01.